The van der Waals surface area contributed by atoms with Gasteiger partial charge in [0.05, 0.1) is 5.92 Å². The molecule has 2 aliphatic carbocycles. The number of carbonyl (C=O) groups is 2. The minimum absolute atomic E-state index is 0.0454. The van der Waals surface area contributed by atoms with Gasteiger partial charge in [-0.05, 0) is 12.8 Å². The van der Waals surface area contributed by atoms with E-state index in [0.717, 1.165) is 0 Å². The molecule has 8 nitrogen and oxygen atoms in total. The van der Waals surface area contributed by atoms with Gasteiger partial charge in [-0.2, -0.15) is 17.2 Å². The lowest BCUT2D eigenvalue weighted by Gasteiger charge is -2.18. The van der Waals surface area contributed by atoms with Crippen molar-refractivity contribution in [3.63, 3.8) is 0 Å². The highest BCUT2D eigenvalue weighted by Crippen LogP contribution is 2.57. The summed E-state index contributed by atoms with van der Waals surface area (Å²) < 4.78 is 82.0. The van der Waals surface area contributed by atoms with Gasteiger partial charge in [-0.1, -0.05) is 0 Å². The largest absolute Gasteiger partial charge is 0.513 e. The van der Waals surface area contributed by atoms with Crippen LogP contribution in [0.15, 0.2) is 11.5 Å². The molecule has 1 saturated heterocycles. The Labute approximate surface area is 133 Å². The van der Waals surface area contributed by atoms with Gasteiger partial charge in [-0.15, -0.1) is 0 Å². The molecular weight excluding hydrogens is 361 g/mol. The second-order valence-electron chi connectivity index (χ2n) is 5.70. The number of esters is 1. The first-order valence-electron chi connectivity index (χ1n) is 6.81. The molecule has 4 atom stereocenters. The van der Waals surface area contributed by atoms with E-state index in [2.05, 4.69) is 4.74 Å². The molecule has 12 heteroatoms. The molecule has 0 aromatic rings. The number of alkyl halides is 3. The molecule has 2 fully saturated rings. The quantitative estimate of drug-likeness (QED) is 0.568. The van der Waals surface area contributed by atoms with E-state index in [1.807, 2.05) is 0 Å². The van der Waals surface area contributed by atoms with E-state index >= 15 is 0 Å². The van der Waals surface area contributed by atoms with Crippen molar-refractivity contribution in [2.75, 3.05) is 6.61 Å². The minimum Gasteiger partial charge on any atom is -0.431 e. The van der Waals surface area contributed by atoms with Gasteiger partial charge in [0, 0.05) is 11.8 Å². The molecule has 1 aliphatic heterocycles. The summed E-state index contributed by atoms with van der Waals surface area (Å²) >= 11 is 0. The van der Waals surface area contributed by atoms with Crippen LogP contribution < -0.4 is 0 Å². The van der Waals surface area contributed by atoms with E-state index in [1.165, 1.54) is 0 Å². The first-order chi connectivity index (χ1) is 11.0. The third-order valence-electron chi connectivity index (χ3n) is 4.28. The van der Waals surface area contributed by atoms with Crippen molar-refractivity contribution in [1.82, 2.24) is 0 Å². The van der Waals surface area contributed by atoms with Crippen LogP contribution in [0.3, 0.4) is 0 Å². The average Bonchev–Trinajstić information content (AvgIpc) is 3.08. The highest BCUT2D eigenvalue weighted by molar-refractivity contribution is 7.86. The van der Waals surface area contributed by atoms with Crippen LogP contribution in [0.4, 0.5) is 18.0 Å². The monoisotopic (exact) mass is 372 g/mol. The lowest BCUT2D eigenvalue weighted by Crippen LogP contribution is -2.41. The van der Waals surface area contributed by atoms with Crippen molar-refractivity contribution < 1.29 is 49.9 Å². The molecule has 3 aliphatic rings. The molecule has 134 valence electrons. The fourth-order valence-corrected chi connectivity index (χ4v) is 3.54. The van der Waals surface area contributed by atoms with E-state index in [4.69, 9.17) is 14.0 Å². The van der Waals surface area contributed by atoms with Crippen LogP contribution in [-0.4, -0.2) is 43.1 Å². The molecule has 2 bridgehead atoms. The summed E-state index contributed by atoms with van der Waals surface area (Å²) in [6.07, 6.45) is -4.06. The second kappa shape index (κ2) is 5.34. The van der Waals surface area contributed by atoms with E-state index in [9.17, 15) is 31.2 Å². The molecule has 0 radical (unpaired) electrons. The molecule has 0 spiro atoms. The van der Waals surface area contributed by atoms with Gasteiger partial charge in [0.25, 0.3) is 0 Å². The van der Waals surface area contributed by atoms with Crippen LogP contribution in [0.5, 0.6) is 0 Å². The Bertz CT molecular complexity index is 731. The Hall–Kier alpha value is -1.82. The molecule has 24 heavy (non-hydrogen) atoms. The summed E-state index contributed by atoms with van der Waals surface area (Å²) in [6.45, 7) is -1.65. The van der Waals surface area contributed by atoms with Crippen LogP contribution in [-0.2, 0) is 29.1 Å². The Morgan fingerprint density at radius 2 is 2.00 bits per heavy atom. The number of halogens is 3. The molecule has 1 heterocycles. The van der Waals surface area contributed by atoms with Gasteiger partial charge in [0.1, 0.15) is 6.61 Å². The van der Waals surface area contributed by atoms with Crippen LogP contribution in [0.25, 0.3) is 0 Å². The van der Waals surface area contributed by atoms with Gasteiger partial charge in [-0.3, -0.25) is 9.35 Å². The molecular formula is C12H11F3O8S. The molecule has 0 amide bonds. The number of allylic oxidation sites excluding steroid dienone is 2. The lowest BCUT2D eigenvalue weighted by atomic mass is 9.94. The van der Waals surface area contributed by atoms with Crippen molar-refractivity contribution in [2.24, 2.45) is 17.8 Å². The van der Waals surface area contributed by atoms with E-state index in [0.29, 0.717) is 12.8 Å². The molecule has 0 aromatic carbocycles. The molecule has 4 unspecified atom stereocenters. The van der Waals surface area contributed by atoms with Crippen LogP contribution in [0.2, 0.25) is 0 Å². The zero-order chi connectivity index (χ0) is 17.9. The van der Waals surface area contributed by atoms with Crippen LogP contribution in [0, 0.1) is 17.8 Å². The van der Waals surface area contributed by atoms with Crippen LogP contribution in [0.1, 0.15) is 12.8 Å². The van der Waals surface area contributed by atoms with E-state index in [-0.39, 0.29) is 29.3 Å². The summed E-state index contributed by atoms with van der Waals surface area (Å²) in [7, 11) is -6.00. The van der Waals surface area contributed by atoms with Gasteiger partial charge < -0.3 is 14.2 Å². The Morgan fingerprint density at radius 1 is 1.38 bits per heavy atom. The van der Waals surface area contributed by atoms with Gasteiger partial charge in [0.2, 0.25) is 6.17 Å². The first-order valence-corrected chi connectivity index (χ1v) is 8.25. The van der Waals surface area contributed by atoms with Gasteiger partial charge in [0.15, 0.2) is 11.5 Å². The van der Waals surface area contributed by atoms with Gasteiger partial charge in [-0.25, -0.2) is 9.18 Å². The number of fused-ring (bicyclic) bond motifs is 1. The number of hydrogen-bond donors (Lipinski definition) is 1. The third kappa shape index (κ3) is 2.53. The van der Waals surface area contributed by atoms with Crippen molar-refractivity contribution in [3.05, 3.63) is 11.5 Å². The summed E-state index contributed by atoms with van der Waals surface area (Å²) in [4.78, 5) is 23.0. The van der Waals surface area contributed by atoms with Gasteiger partial charge >= 0.3 is 27.5 Å². The second-order valence-corrected chi connectivity index (χ2v) is 7.19. The fourth-order valence-electron chi connectivity index (χ4n) is 3.15. The lowest BCUT2D eigenvalue weighted by molar-refractivity contribution is -0.139. The zero-order valence-corrected chi connectivity index (χ0v) is 12.6. The number of ether oxygens (including phenoxy) is 3. The van der Waals surface area contributed by atoms with E-state index < -0.39 is 40.3 Å². The molecule has 1 saturated carbocycles. The number of hydrogen-bond acceptors (Lipinski definition) is 7. The molecule has 0 aromatic heterocycles. The molecule has 1 N–H and O–H groups in total. The minimum atomic E-state index is -6.00. The third-order valence-corrected chi connectivity index (χ3v) is 5.22. The highest BCUT2D eigenvalue weighted by Gasteiger charge is 2.57. The normalized spacial score (nSPS) is 29.7. The maximum Gasteiger partial charge on any atom is 0.513 e. The standard InChI is InChI=1S/C12H11F3O8S/c13-7(12(14,15)24(18,19)20)3-21-11(17)23-8-4-1-5-6(2-4)10(16)22-9(5)8/h4-7H,1-3H2,(H,18,19,20). The average molecular weight is 372 g/mol. The molecule has 3 rings (SSSR count). The zero-order valence-electron chi connectivity index (χ0n) is 11.8. The number of rotatable bonds is 5. The number of carbonyl (C=O) groups excluding carboxylic acids is 2. The van der Waals surface area contributed by atoms with Crippen molar-refractivity contribution >= 4 is 22.2 Å². The highest BCUT2D eigenvalue weighted by atomic mass is 32.2. The maximum absolute atomic E-state index is 13.2. The summed E-state index contributed by atoms with van der Waals surface area (Å²) in [5.74, 6) is -0.919. The summed E-state index contributed by atoms with van der Waals surface area (Å²) in [5, 5.41) is -5.13. The fraction of sp³-hybridized carbons (Fsp3) is 0.667. The van der Waals surface area contributed by atoms with Crippen molar-refractivity contribution in [1.29, 1.82) is 0 Å². The Balaban J connectivity index is 1.59. The van der Waals surface area contributed by atoms with E-state index in [1.54, 1.807) is 0 Å². The first kappa shape index (κ1) is 17.0. The van der Waals surface area contributed by atoms with Crippen LogP contribution >= 0.6 is 0 Å². The predicted molar refractivity (Wildman–Crippen MR) is 66.6 cm³/mol. The smallest absolute Gasteiger partial charge is 0.431 e. The Kier molecular flexibility index (Phi) is 3.79. The Morgan fingerprint density at radius 3 is 2.62 bits per heavy atom. The SMILES string of the molecule is O=C(OCC(F)C(F)(F)S(=O)(=O)O)OC1=C2OC(=O)C3CC1CC23. The summed E-state index contributed by atoms with van der Waals surface area (Å²) in [6, 6.07) is 0. The maximum atomic E-state index is 13.2. The predicted octanol–water partition coefficient (Wildman–Crippen LogP) is 1.38. The van der Waals surface area contributed by atoms with Crippen molar-refractivity contribution in [2.45, 2.75) is 24.3 Å². The summed E-state index contributed by atoms with van der Waals surface area (Å²) in [5.41, 5.74) is 0. The van der Waals surface area contributed by atoms with Crippen molar-refractivity contribution in [3.8, 4) is 0 Å². The topological polar surface area (TPSA) is 116 Å².